The average molecular weight is 559 g/mol. The van der Waals surface area contributed by atoms with E-state index in [9.17, 15) is 18.8 Å². The van der Waals surface area contributed by atoms with Crippen LogP contribution in [0.15, 0.2) is 109 Å². The van der Waals surface area contributed by atoms with Gasteiger partial charge in [-0.15, -0.1) is 0 Å². The lowest BCUT2D eigenvalue weighted by molar-refractivity contribution is -0.113. The molecule has 5 nitrogen and oxygen atoms in total. The number of halogens is 3. The number of carbonyl (C=O) groups is 3. The number of benzene rings is 4. The van der Waals surface area contributed by atoms with E-state index in [0.29, 0.717) is 27.4 Å². The zero-order valence-corrected chi connectivity index (χ0v) is 21.8. The maximum absolute atomic E-state index is 14.0. The molecule has 0 aliphatic rings. The van der Waals surface area contributed by atoms with Crippen molar-refractivity contribution in [2.75, 3.05) is 5.32 Å². The fourth-order valence-electron chi connectivity index (χ4n) is 3.53. The van der Waals surface area contributed by atoms with Crippen molar-refractivity contribution >= 4 is 58.6 Å². The van der Waals surface area contributed by atoms with Crippen LogP contribution in [-0.2, 0) is 4.79 Å². The number of allylic oxidation sites excluding steroid dienone is 1. The van der Waals surface area contributed by atoms with Gasteiger partial charge in [0.05, 0.1) is 5.02 Å². The van der Waals surface area contributed by atoms with Gasteiger partial charge in [-0.2, -0.15) is 0 Å². The number of ketones is 1. The summed E-state index contributed by atoms with van der Waals surface area (Å²) in [6.07, 6.45) is 4.02. The van der Waals surface area contributed by atoms with Crippen LogP contribution in [0.25, 0.3) is 12.2 Å². The van der Waals surface area contributed by atoms with Crippen molar-refractivity contribution in [2.45, 2.75) is 0 Å². The highest BCUT2D eigenvalue weighted by Gasteiger charge is 2.16. The maximum atomic E-state index is 14.0. The van der Waals surface area contributed by atoms with Gasteiger partial charge in [0, 0.05) is 27.4 Å². The van der Waals surface area contributed by atoms with Gasteiger partial charge in [0.25, 0.3) is 11.8 Å². The lowest BCUT2D eigenvalue weighted by Gasteiger charge is -2.12. The molecule has 0 saturated heterocycles. The van der Waals surface area contributed by atoms with Crippen LogP contribution >= 0.6 is 23.2 Å². The summed E-state index contributed by atoms with van der Waals surface area (Å²) in [5.74, 6) is -1.97. The normalized spacial score (nSPS) is 11.3. The molecule has 0 heterocycles. The van der Waals surface area contributed by atoms with Crippen molar-refractivity contribution in [1.29, 1.82) is 0 Å². The Hall–Kier alpha value is -4.52. The van der Waals surface area contributed by atoms with Crippen molar-refractivity contribution in [2.24, 2.45) is 0 Å². The molecule has 0 unspecified atom stereocenters. The summed E-state index contributed by atoms with van der Waals surface area (Å²) in [5.41, 5.74) is 1.72. The summed E-state index contributed by atoms with van der Waals surface area (Å²) in [6.45, 7) is 0. The quantitative estimate of drug-likeness (QED) is 0.174. The van der Waals surface area contributed by atoms with Crippen molar-refractivity contribution in [3.05, 3.63) is 147 Å². The van der Waals surface area contributed by atoms with Gasteiger partial charge < -0.3 is 10.6 Å². The van der Waals surface area contributed by atoms with Crippen LogP contribution in [0.3, 0.4) is 0 Å². The predicted octanol–water partition coefficient (Wildman–Crippen LogP) is 7.44. The van der Waals surface area contributed by atoms with E-state index in [4.69, 9.17) is 23.2 Å². The van der Waals surface area contributed by atoms with Crippen LogP contribution < -0.4 is 10.6 Å². The van der Waals surface area contributed by atoms with Crippen LogP contribution in [0.1, 0.15) is 31.8 Å². The Morgan fingerprint density at radius 3 is 2.08 bits per heavy atom. The molecule has 0 fully saturated rings. The van der Waals surface area contributed by atoms with E-state index in [1.807, 2.05) is 0 Å². The predicted molar refractivity (Wildman–Crippen MR) is 153 cm³/mol. The van der Waals surface area contributed by atoms with Crippen LogP contribution in [0.5, 0.6) is 0 Å². The monoisotopic (exact) mass is 558 g/mol. The van der Waals surface area contributed by atoms with Crippen LogP contribution in [0.2, 0.25) is 10.0 Å². The Morgan fingerprint density at radius 1 is 0.718 bits per heavy atom. The van der Waals surface area contributed by atoms with Crippen LogP contribution in [-0.4, -0.2) is 17.6 Å². The van der Waals surface area contributed by atoms with Gasteiger partial charge in [-0.3, -0.25) is 14.4 Å². The Bertz CT molecular complexity index is 1560. The molecular weight excluding hydrogens is 538 g/mol. The molecule has 194 valence electrons. The number of carbonyl (C=O) groups excluding carboxylic acids is 3. The van der Waals surface area contributed by atoms with Gasteiger partial charge in [-0.05, 0) is 78.4 Å². The first-order valence-electron chi connectivity index (χ1n) is 11.7. The summed E-state index contributed by atoms with van der Waals surface area (Å²) >= 11 is 12.3. The molecule has 0 aromatic heterocycles. The summed E-state index contributed by atoms with van der Waals surface area (Å²) in [6, 6.07) is 25.8. The summed E-state index contributed by atoms with van der Waals surface area (Å²) in [5, 5.41) is 5.96. The smallest absolute Gasteiger partial charge is 0.272 e. The topological polar surface area (TPSA) is 75.3 Å². The summed E-state index contributed by atoms with van der Waals surface area (Å²) in [7, 11) is 0. The molecule has 4 aromatic rings. The summed E-state index contributed by atoms with van der Waals surface area (Å²) < 4.78 is 14.0. The van der Waals surface area contributed by atoms with Crippen LogP contribution in [0.4, 0.5) is 10.1 Å². The zero-order valence-electron chi connectivity index (χ0n) is 20.3. The highest BCUT2D eigenvalue weighted by Crippen LogP contribution is 2.22. The van der Waals surface area contributed by atoms with Gasteiger partial charge in [0.1, 0.15) is 11.5 Å². The van der Waals surface area contributed by atoms with Gasteiger partial charge >= 0.3 is 0 Å². The number of rotatable bonds is 8. The molecule has 0 saturated carbocycles. The minimum atomic E-state index is -0.590. The molecule has 2 N–H and O–H groups in total. The van der Waals surface area contributed by atoms with Crippen molar-refractivity contribution in [1.82, 2.24) is 5.32 Å². The van der Waals surface area contributed by atoms with E-state index in [0.717, 1.165) is 0 Å². The minimum Gasteiger partial charge on any atom is -0.321 e. The second-order valence-corrected chi connectivity index (χ2v) is 9.08. The highest BCUT2D eigenvalue weighted by molar-refractivity contribution is 6.32. The van der Waals surface area contributed by atoms with Gasteiger partial charge in [-0.25, -0.2) is 4.39 Å². The standard InChI is InChI=1S/C31H21Cl2FN2O3/c32-25-10-5-4-9-22(25)19-28(36-30(38)21-7-2-1-3-8-21)31(39)35-23-15-13-20(14-16-23)29(37)18-17-24-26(33)11-6-12-27(24)34/h1-19H,(H,35,39)(H,36,38)/b18-17+,28-19-. The van der Waals surface area contributed by atoms with E-state index in [1.165, 1.54) is 48.6 Å². The van der Waals surface area contributed by atoms with E-state index in [-0.39, 0.29) is 22.1 Å². The molecule has 8 heteroatoms. The Balaban J connectivity index is 1.51. The highest BCUT2D eigenvalue weighted by atomic mass is 35.5. The fourth-order valence-corrected chi connectivity index (χ4v) is 3.95. The molecule has 0 aliphatic carbocycles. The number of nitrogens with one attached hydrogen (secondary N) is 2. The number of hydrogen-bond acceptors (Lipinski definition) is 3. The molecule has 0 atom stereocenters. The minimum absolute atomic E-state index is 0.0261. The molecule has 0 spiro atoms. The number of anilines is 1. The molecule has 4 aromatic carbocycles. The largest absolute Gasteiger partial charge is 0.321 e. The average Bonchev–Trinajstić information content (AvgIpc) is 2.94. The number of amides is 2. The third-order valence-corrected chi connectivity index (χ3v) is 6.24. The molecule has 39 heavy (non-hydrogen) atoms. The van der Waals surface area contributed by atoms with E-state index in [2.05, 4.69) is 10.6 Å². The molecular formula is C31H21Cl2FN2O3. The Labute approximate surface area is 234 Å². The Morgan fingerprint density at radius 2 is 1.38 bits per heavy atom. The molecule has 0 aliphatic heterocycles. The molecule has 0 radical (unpaired) electrons. The van der Waals surface area contributed by atoms with Gasteiger partial charge in [-0.1, -0.05) is 65.7 Å². The SMILES string of the molecule is O=C(Nc1ccc(C(=O)/C=C/c2c(F)cccc2Cl)cc1)/C(=C/c1ccccc1Cl)NC(=O)c1ccccc1. The van der Waals surface area contributed by atoms with E-state index >= 15 is 0 Å². The third-order valence-electron chi connectivity index (χ3n) is 5.56. The van der Waals surface area contributed by atoms with Crippen molar-refractivity contribution in [3.63, 3.8) is 0 Å². The third kappa shape index (κ3) is 7.29. The first-order chi connectivity index (χ1) is 18.8. The molecule has 0 bridgehead atoms. The Kier molecular flexibility index (Phi) is 9.05. The second-order valence-electron chi connectivity index (χ2n) is 8.26. The lowest BCUT2D eigenvalue weighted by Crippen LogP contribution is -2.30. The van der Waals surface area contributed by atoms with Gasteiger partial charge in [0.15, 0.2) is 5.78 Å². The number of hydrogen-bond donors (Lipinski definition) is 2. The van der Waals surface area contributed by atoms with Crippen LogP contribution in [0, 0.1) is 5.82 Å². The zero-order chi connectivity index (χ0) is 27.8. The van der Waals surface area contributed by atoms with Crippen molar-refractivity contribution in [3.8, 4) is 0 Å². The van der Waals surface area contributed by atoms with E-state index in [1.54, 1.807) is 66.7 Å². The fraction of sp³-hybridized carbons (Fsp3) is 0. The molecule has 2 amide bonds. The van der Waals surface area contributed by atoms with Crippen molar-refractivity contribution < 1.29 is 18.8 Å². The first kappa shape index (κ1) is 27.5. The van der Waals surface area contributed by atoms with E-state index < -0.39 is 17.6 Å². The van der Waals surface area contributed by atoms with Gasteiger partial charge in [0.2, 0.25) is 0 Å². The first-order valence-corrected chi connectivity index (χ1v) is 12.5. The lowest BCUT2D eigenvalue weighted by atomic mass is 10.1. The maximum Gasteiger partial charge on any atom is 0.272 e. The summed E-state index contributed by atoms with van der Waals surface area (Å²) in [4.78, 5) is 38.5. The second kappa shape index (κ2) is 12.8. The molecule has 4 rings (SSSR count).